The summed E-state index contributed by atoms with van der Waals surface area (Å²) in [5, 5.41) is 15.4. The molecule has 2 amide bonds. The molecular weight excluding hydrogens is 458 g/mol. The molecule has 1 aromatic heterocycles. The van der Waals surface area contributed by atoms with Crippen LogP contribution in [0.3, 0.4) is 0 Å². The summed E-state index contributed by atoms with van der Waals surface area (Å²) in [6.07, 6.45) is 4.90. The summed E-state index contributed by atoms with van der Waals surface area (Å²) < 4.78 is 5.67. The van der Waals surface area contributed by atoms with Crippen molar-refractivity contribution in [1.82, 2.24) is 10.3 Å². The summed E-state index contributed by atoms with van der Waals surface area (Å²) in [6, 6.07) is 13.5. The van der Waals surface area contributed by atoms with Crippen molar-refractivity contribution >= 4 is 35.1 Å². The van der Waals surface area contributed by atoms with Crippen LogP contribution in [0.25, 0.3) is 0 Å². The summed E-state index contributed by atoms with van der Waals surface area (Å²) in [5.74, 6) is -1.35. The van der Waals surface area contributed by atoms with E-state index in [4.69, 9.17) is 16.3 Å². The molecule has 1 fully saturated rings. The molecule has 3 aromatic rings. The van der Waals surface area contributed by atoms with Crippen molar-refractivity contribution in [2.75, 3.05) is 5.32 Å². The van der Waals surface area contributed by atoms with Gasteiger partial charge in [0.2, 0.25) is 0 Å². The van der Waals surface area contributed by atoms with Crippen LogP contribution in [0.2, 0.25) is 5.02 Å². The van der Waals surface area contributed by atoms with Gasteiger partial charge in [0.1, 0.15) is 11.9 Å². The molecule has 2 aromatic carbocycles. The number of rotatable bonds is 6. The molecule has 0 spiro atoms. The van der Waals surface area contributed by atoms with E-state index >= 15 is 0 Å². The summed E-state index contributed by atoms with van der Waals surface area (Å²) in [6.45, 7) is 0. The van der Waals surface area contributed by atoms with Crippen LogP contribution in [0.1, 0.15) is 50.3 Å². The number of phenols is 1. The molecule has 3 N–H and O–H groups in total. The average Bonchev–Trinajstić information content (AvgIpc) is 3.28. The van der Waals surface area contributed by atoms with Crippen LogP contribution in [0.4, 0.5) is 5.69 Å². The zero-order chi connectivity index (χ0) is 24.1. The highest BCUT2D eigenvalue weighted by Crippen LogP contribution is 2.25. The Morgan fingerprint density at radius 3 is 2.32 bits per heavy atom. The van der Waals surface area contributed by atoms with Crippen LogP contribution in [0.15, 0.2) is 67.0 Å². The third-order valence-electron chi connectivity index (χ3n) is 5.56. The molecule has 1 heterocycles. The number of carbonyl (C=O) groups is 3. The number of anilines is 1. The van der Waals surface area contributed by atoms with E-state index in [0.717, 1.165) is 12.8 Å². The van der Waals surface area contributed by atoms with Crippen LogP contribution >= 0.6 is 11.6 Å². The minimum atomic E-state index is -0.504. The van der Waals surface area contributed by atoms with Crippen molar-refractivity contribution in [3.8, 4) is 5.75 Å². The number of hydrogen-bond acceptors (Lipinski definition) is 6. The van der Waals surface area contributed by atoms with Crippen LogP contribution in [0.5, 0.6) is 5.75 Å². The van der Waals surface area contributed by atoms with Crippen molar-refractivity contribution in [3.63, 3.8) is 0 Å². The number of carbonyl (C=O) groups excluding carboxylic acids is 3. The van der Waals surface area contributed by atoms with Crippen molar-refractivity contribution in [2.24, 2.45) is 0 Å². The van der Waals surface area contributed by atoms with Crippen LogP contribution < -0.4 is 10.6 Å². The number of esters is 1. The van der Waals surface area contributed by atoms with E-state index in [0.29, 0.717) is 23.2 Å². The van der Waals surface area contributed by atoms with Crippen molar-refractivity contribution in [3.05, 3.63) is 88.7 Å². The van der Waals surface area contributed by atoms with Crippen molar-refractivity contribution < 1.29 is 24.2 Å². The molecule has 8 nitrogen and oxygen atoms in total. The highest BCUT2D eigenvalue weighted by molar-refractivity contribution is 6.32. The quantitative estimate of drug-likeness (QED) is 0.456. The zero-order valence-corrected chi connectivity index (χ0v) is 18.8. The second-order valence-electron chi connectivity index (χ2n) is 7.89. The van der Waals surface area contributed by atoms with Crippen molar-refractivity contribution in [1.29, 1.82) is 0 Å². The van der Waals surface area contributed by atoms with Gasteiger partial charge in [-0.15, -0.1) is 0 Å². The third-order valence-corrected chi connectivity index (χ3v) is 5.88. The van der Waals surface area contributed by atoms with Crippen LogP contribution in [0, 0.1) is 0 Å². The Labute approximate surface area is 200 Å². The standard InChI is InChI=1S/C25H22ClN3O5/c26-19-9-6-17(14-21(19)30)24(32)28-18-7-4-16(5-8-18)25(33)34-22-3-1-2-20(22)29-23(31)15-10-12-27-13-11-15/h4-14,20,22,30H,1-3H2,(H,28,32)(H,29,31)/t20-,22-/m1/s1. The van der Waals surface area contributed by atoms with Crippen LogP contribution in [-0.4, -0.2) is 40.0 Å². The second-order valence-corrected chi connectivity index (χ2v) is 8.30. The number of aromatic nitrogens is 1. The maximum Gasteiger partial charge on any atom is 0.338 e. The predicted molar refractivity (Wildman–Crippen MR) is 126 cm³/mol. The fourth-order valence-electron chi connectivity index (χ4n) is 3.74. The van der Waals surface area contributed by atoms with Gasteiger partial charge in [-0.2, -0.15) is 0 Å². The molecule has 0 bridgehead atoms. The number of hydrogen-bond donors (Lipinski definition) is 3. The normalized spacial score (nSPS) is 17.1. The van der Waals surface area contributed by atoms with Crippen molar-refractivity contribution in [2.45, 2.75) is 31.4 Å². The van der Waals surface area contributed by atoms with Gasteiger partial charge in [-0.25, -0.2) is 4.79 Å². The van der Waals surface area contributed by atoms with E-state index in [1.165, 1.54) is 18.2 Å². The molecule has 1 saturated carbocycles. The summed E-state index contributed by atoms with van der Waals surface area (Å²) in [5.41, 5.74) is 1.54. The lowest BCUT2D eigenvalue weighted by molar-refractivity contribution is 0.0250. The molecule has 0 unspecified atom stereocenters. The first-order valence-corrected chi connectivity index (χ1v) is 11.1. The molecule has 1 aliphatic carbocycles. The van der Waals surface area contributed by atoms with E-state index in [2.05, 4.69) is 15.6 Å². The highest BCUT2D eigenvalue weighted by Gasteiger charge is 2.32. The minimum Gasteiger partial charge on any atom is -0.506 e. The maximum atomic E-state index is 12.7. The van der Waals surface area contributed by atoms with Gasteiger partial charge in [0.05, 0.1) is 16.6 Å². The Balaban J connectivity index is 1.34. The molecule has 4 rings (SSSR count). The fraction of sp³-hybridized carbons (Fsp3) is 0.200. The number of halogens is 1. The Bertz CT molecular complexity index is 1200. The predicted octanol–water partition coefficient (Wildman–Crippen LogP) is 4.20. The Kier molecular flexibility index (Phi) is 7.08. The Morgan fingerprint density at radius 2 is 1.62 bits per heavy atom. The van der Waals surface area contributed by atoms with Gasteiger partial charge < -0.3 is 20.5 Å². The first-order valence-electron chi connectivity index (χ1n) is 10.7. The molecule has 0 saturated heterocycles. The molecule has 0 radical (unpaired) electrons. The van der Waals surface area contributed by atoms with Gasteiger partial charge in [0, 0.05) is 29.2 Å². The maximum absolute atomic E-state index is 12.7. The molecule has 1 aliphatic rings. The minimum absolute atomic E-state index is 0.154. The SMILES string of the molecule is O=C(Nc1ccc(C(=O)O[C@@H]2CCC[C@H]2NC(=O)c2ccncc2)cc1)c1ccc(Cl)c(O)c1. The summed E-state index contributed by atoms with van der Waals surface area (Å²) >= 11 is 5.77. The lowest BCUT2D eigenvalue weighted by Crippen LogP contribution is -2.41. The topological polar surface area (TPSA) is 118 Å². The van der Waals surface area contributed by atoms with Crippen LogP contribution in [-0.2, 0) is 4.74 Å². The van der Waals surface area contributed by atoms with Gasteiger partial charge in [-0.05, 0) is 73.9 Å². The van der Waals surface area contributed by atoms with E-state index in [-0.39, 0.29) is 28.3 Å². The monoisotopic (exact) mass is 479 g/mol. The van der Waals surface area contributed by atoms with Gasteiger partial charge in [-0.3, -0.25) is 14.6 Å². The number of ether oxygens (including phenoxy) is 1. The molecule has 174 valence electrons. The van der Waals surface area contributed by atoms with Gasteiger partial charge in [0.25, 0.3) is 11.8 Å². The fourth-order valence-corrected chi connectivity index (χ4v) is 3.86. The largest absolute Gasteiger partial charge is 0.506 e. The van der Waals surface area contributed by atoms with E-state index in [9.17, 15) is 19.5 Å². The highest BCUT2D eigenvalue weighted by atomic mass is 35.5. The zero-order valence-electron chi connectivity index (χ0n) is 18.0. The Morgan fingerprint density at radius 1 is 0.912 bits per heavy atom. The molecule has 2 atom stereocenters. The number of amides is 2. The lowest BCUT2D eigenvalue weighted by atomic mass is 10.1. The third kappa shape index (κ3) is 5.52. The summed E-state index contributed by atoms with van der Waals surface area (Å²) in [7, 11) is 0. The number of pyridine rings is 1. The van der Waals surface area contributed by atoms with E-state index in [1.807, 2.05) is 0 Å². The number of aromatic hydroxyl groups is 1. The molecular formula is C25H22ClN3O5. The van der Waals surface area contributed by atoms with Gasteiger partial charge in [0.15, 0.2) is 0 Å². The Hall–Kier alpha value is -3.91. The number of nitrogens with one attached hydrogen (secondary N) is 2. The van der Waals surface area contributed by atoms with Gasteiger partial charge in [-0.1, -0.05) is 11.6 Å². The van der Waals surface area contributed by atoms with Gasteiger partial charge >= 0.3 is 5.97 Å². The molecule has 0 aliphatic heterocycles. The number of phenolic OH excluding ortho intramolecular Hbond substituents is 1. The molecule has 9 heteroatoms. The second kappa shape index (κ2) is 10.4. The van der Waals surface area contributed by atoms with E-state index < -0.39 is 18.0 Å². The smallest absolute Gasteiger partial charge is 0.338 e. The molecule has 34 heavy (non-hydrogen) atoms. The average molecular weight is 480 g/mol. The lowest BCUT2D eigenvalue weighted by Gasteiger charge is -2.21. The number of benzene rings is 2. The first kappa shape index (κ1) is 23.3. The summed E-state index contributed by atoms with van der Waals surface area (Å²) in [4.78, 5) is 41.3. The first-order chi connectivity index (χ1) is 16.4. The van der Waals surface area contributed by atoms with E-state index in [1.54, 1.807) is 48.8 Å². The number of nitrogens with zero attached hydrogens (tertiary/aromatic N) is 1.